The van der Waals surface area contributed by atoms with Crippen molar-refractivity contribution in [1.82, 2.24) is 9.38 Å². The summed E-state index contributed by atoms with van der Waals surface area (Å²) in [6.45, 7) is 1.98. The fraction of sp³-hybridized carbons (Fsp3) is 0.136. The number of aliphatic hydroxyl groups excluding tert-OH is 1. The molecule has 0 aliphatic heterocycles. The number of imidazole rings is 1. The second kappa shape index (κ2) is 6.94. The maximum atomic E-state index is 10.1. The zero-order chi connectivity index (χ0) is 18.1. The fourth-order valence-corrected chi connectivity index (χ4v) is 3.21. The van der Waals surface area contributed by atoms with Crippen molar-refractivity contribution in [1.29, 1.82) is 0 Å². The van der Waals surface area contributed by atoms with Crippen LogP contribution in [0.25, 0.3) is 28.0 Å². The van der Waals surface area contributed by atoms with Crippen molar-refractivity contribution < 1.29 is 5.11 Å². The lowest BCUT2D eigenvalue weighted by Gasteiger charge is -2.10. The first kappa shape index (κ1) is 16.8. The van der Waals surface area contributed by atoms with Gasteiger partial charge in [0, 0.05) is 23.0 Å². The Labute approximate surface area is 157 Å². The molecule has 4 heteroatoms. The summed E-state index contributed by atoms with van der Waals surface area (Å²) in [5.41, 5.74) is 5.95. The van der Waals surface area contributed by atoms with Gasteiger partial charge in [-0.2, -0.15) is 0 Å². The van der Waals surface area contributed by atoms with E-state index >= 15 is 0 Å². The Morgan fingerprint density at radius 2 is 1.73 bits per heavy atom. The number of hydrogen-bond acceptors (Lipinski definition) is 2. The van der Waals surface area contributed by atoms with Gasteiger partial charge in [-0.05, 0) is 53.4 Å². The summed E-state index contributed by atoms with van der Waals surface area (Å²) < 4.78 is 2.03. The average molecular weight is 363 g/mol. The maximum absolute atomic E-state index is 10.1. The lowest BCUT2D eigenvalue weighted by Crippen LogP contribution is -1.95. The second-order valence-electron chi connectivity index (χ2n) is 6.37. The molecule has 0 fully saturated rings. The van der Waals surface area contributed by atoms with Gasteiger partial charge in [0.25, 0.3) is 0 Å². The van der Waals surface area contributed by atoms with E-state index in [-0.39, 0.29) is 0 Å². The van der Waals surface area contributed by atoms with Gasteiger partial charge in [-0.3, -0.25) is 0 Å². The van der Waals surface area contributed by atoms with Gasteiger partial charge >= 0.3 is 0 Å². The van der Waals surface area contributed by atoms with E-state index in [1.165, 1.54) is 0 Å². The number of benzene rings is 2. The molecule has 130 valence electrons. The summed E-state index contributed by atoms with van der Waals surface area (Å²) in [5, 5.41) is 10.8. The first-order chi connectivity index (χ1) is 12.6. The summed E-state index contributed by atoms with van der Waals surface area (Å²) in [6, 6.07) is 19.8. The van der Waals surface area contributed by atoms with Gasteiger partial charge in [-0.1, -0.05) is 48.9 Å². The number of aliphatic hydroxyl groups is 1. The highest BCUT2D eigenvalue weighted by atomic mass is 35.5. The van der Waals surface area contributed by atoms with Gasteiger partial charge in [-0.15, -0.1) is 0 Å². The molecule has 2 heterocycles. The average Bonchev–Trinajstić information content (AvgIpc) is 3.11. The highest BCUT2D eigenvalue weighted by Gasteiger charge is 2.09. The van der Waals surface area contributed by atoms with Gasteiger partial charge in [0.15, 0.2) is 0 Å². The number of pyridine rings is 1. The van der Waals surface area contributed by atoms with Crippen molar-refractivity contribution in [2.75, 3.05) is 0 Å². The summed E-state index contributed by atoms with van der Waals surface area (Å²) in [5.74, 6) is 0. The van der Waals surface area contributed by atoms with Crippen LogP contribution in [0.3, 0.4) is 0 Å². The summed E-state index contributed by atoms with van der Waals surface area (Å²) in [4.78, 5) is 4.69. The monoisotopic (exact) mass is 362 g/mol. The molecule has 1 atom stereocenters. The summed E-state index contributed by atoms with van der Waals surface area (Å²) >= 11 is 5.97. The van der Waals surface area contributed by atoms with Crippen LogP contribution >= 0.6 is 11.6 Å². The molecule has 0 spiro atoms. The van der Waals surface area contributed by atoms with Crippen LogP contribution < -0.4 is 0 Å². The normalized spacial score (nSPS) is 12.4. The molecular weight excluding hydrogens is 344 g/mol. The lowest BCUT2D eigenvalue weighted by molar-refractivity contribution is 0.174. The number of halogens is 1. The van der Waals surface area contributed by atoms with Crippen LogP contribution in [0.15, 0.2) is 73.1 Å². The van der Waals surface area contributed by atoms with Crippen molar-refractivity contribution in [3.63, 3.8) is 0 Å². The minimum atomic E-state index is -0.427. The van der Waals surface area contributed by atoms with Gasteiger partial charge in [0.2, 0.25) is 0 Å². The van der Waals surface area contributed by atoms with Gasteiger partial charge in [0.1, 0.15) is 5.65 Å². The topological polar surface area (TPSA) is 37.5 Å². The smallest absolute Gasteiger partial charge is 0.137 e. The third-order valence-electron chi connectivity index (χ3n) is 4.58. The molecular formula is C22H19ClN2O. The molecule has 0 aliphatic rings. The maximum Gasteiger partial charge on any atom is 0.137 e. The highest BCUT2D eigenvalue weighted by molar-refractivity contribution is 6.30. The molecule has 1 unspecified atom stereocenters. The Morgan fingerprint density at radius 1 is 0.962 bits per heavy atom. The lowest BCUT2D eigenvalue weighted by atomic mass is 10.0. The Hall–Kier alpha value is -2.62. The Morgan fingerprint density at radius 3 is 2.50 bits per heavy atom. The second-order valence-corrected chi connectivity index (χ2v) is 6.80. The molecule has 2 aromatic carbocycles. The van der Waals surface area contributed by atoms with Crippen molar-refractivity contribution in [2.45, 2.75) is 19.4 Å². The molecule has 0 aliphatic carbocycles. The fourth-order valence-electron chi connectivity index (χ4n) is 3.08. The standard InChI is InChI=1S/C22H19ClN2O/c1-2-21(26)17-5-3-4-16(12-17)18-8-11-22-24-20(14-25(22)13-18)15-6-9-19(23)10-7-15/h3-14,21,26H,2H2,1H3. The first-order valence-electron chi connectivity index (χ1n) is 8.67. The van der Waals surface area contributed by atoms with Crippen molar-refractivity contribution in [3.8, 4) is 22.4 Å². The SMILES string of the molecule is CCC(O)c1cccc(-c2ccc3nc(-c4ccc(Cl)cc4)cn3c2)c1. The van der Waals surface area contributed by atoms with Crippen molar-refractivity contribution in [3.05, 3.63) is 83.6 Å². The third kappa shape index (κ3) is 3.24. The number of aromatic nitrogens is 2. The van der Waals surface area contributed by atoms with E-state index in [2.05, 4.69) is 23.3 Å². The summed E-state index contributed by atoms with van der Waals surface area (Å²) in [6.07, 6.45) is 4.36. The van der Waals surface area contributed by atoms with Crippen LogP contribution in [0.2, 0.25) is 5.02 Å². The van der Waals surface area contributed by atoms with E-state index in [0.29, 0.717) is 11.4 Å². The van der Waals surface area contributed by atoms with Gasteiger partial charge < -0.3 is 9.51 Å². The molecule has 0 saturated heterocycles. The van der Waals surface area contributed by atoms with E-state index in [4.69, 9.17) is 11.6 Å². The molecule has 0 saturated carbocycles. The molecule has 2 aromatic heterocycles. The van der Waals surface area contributed by atoms with Gasteiger partial charge in [0.05, 0.1) is 11.8 Å². The van der Waals surface area contributed by atoms with Crippen LogP contribution in [0, 0.1) is 0 Å². The van der Waals surface area contributed by atoms with E-state index in [0.717, 1.165) is 33.6 Å². The van der Waals surface area contributed by atoms with Crippen LogP contribution in [-0.2, 0) is 0 Å². The Balaban J connectivity index is 1.73. The van der Waals surface area contributed by atoms with Crippen LogP contribution in [-0.4, -0.2) is 14.5 Å². The largest absolute Gasteiger partial charge is 0.388 e. The van der Waals surface area contributed by atoms with Crippen LogP contribution in [0.4, 0.5) is 0 Å². The number of hydrogen-bond donors (Lipinski definition) is 1. The predicted octanol–water partition coefficient (Wildman–Crippen LogP) is 5.77. The van der Waals surface area contributed by atoms with Crippen molar-refractivity contribution >= 4 is 17.2 Å². The van der Waals surface area contributed by atoms with E-state index < -0.39 is 6.10 Å². The molecule has 1 N–H and O–H groups in total. The highest BCUT2D eigenvalue weighted by Crippen LogP contribution is 2.27. The zero-order valence-electron chi connectivity index (χ0n) is 14.4. The molecule has 3 nitrogen and oxygen atoms in total. The molecule has 26 heavy (non-hydrogen) atoms. The molecule has 4 rings (SSSR count). The molecule has 4 aromatic rings. The summed E-state index contributed by atoms with van der Waals surface area (Å²) in [7, 11) is 0. The van der Waals surface area contributed by atoms with Crippen molar-refractivity contribution in [2.24, 2.45) is 0 Å². The van der Waals surface area contributed by atoms with Crippen LogP contribution in [0.1, 0.15) is 25.0 Å². The Kier molecular flexibility index (Phi) is 4.49. The van der Waals surface area contributed by atoms with E-state index in [1.807, 2.05) is 66.1 Å². The molecule has 0 radical (unpaired) electrons. The number of fused-ring (bicyclic) bond motifs is 1. The number of rotatable bonds is 4. The van der Waals surface area contributed by atoms with E-state index in [9.17, 15) is 5.11 Å². The minimum Gasteiger partial charge on any atom is -0.388 e. The van der Waals surface area contributed by atoms with Crippen LogP contribution in [0.5, 0.6) is 0 Å². The zero-order valence-corrected chi connectivity index (χ0v) is 15.2. The third-order valence-corrected chi connectivity index (χ3v) is 4.83. The van der Waals surface area contributed by atoms with Gasteiger partial charge in [-0.25, -0.2) is 4.98 Å². The van der Waals surface area contributed by atoms with E-state index in [1.54, 1.807) is 0 Å². The minimum absolute atomic E-state index is 0.427. The number of nitrogens with zero attached hydrogens (tertiary/aromatic N) is 2. The predicted molar refractivity (Wildman–Crippen MR) is 106 cm³/mol. The molecule has 0 bridgehead atoms. The molecule has 0 amide bonds. The Bertz CT molecular complexity index is 1050. The quantitative estimate of drug-likeness (QED) is 0.500. The first-order valence-corrected chi connectivity index (χ1v) is 9.05.